The summed E-state index contributed by atoms with van der Waals surface area (Å²) < 4.78 is 11.3. The zero-order chi connectivity index (χ0) is 19.4. The molecule has 0 aromatic heterocycles. The van der Waals surface area contributed by atoms with E-state index in [0.29, 0.717) is 6.10 Å². The molecule has 3 rings (SSSR count). The zero-order valence-corrected chi connectivity index (χ0v) is 20.2. The molecule has 0 spiro atoms. The van der Waals surface area contributed by atoms with Crippen molar-refractivity contribution in [2.45, 2.75) is 51.6 Å². The minimum atomic E-state index is 0. The third-order valence-electron chi connectivity index (χ3n) is 5.70. The van der Waals surface area contributed by atoms with Gasteiger partial charge in [0.2, 0.25) is 0 Å². The lowest BCUT2D eigenvalue weighted by Crippen LogP contribution is -2.46. The smallest absolute Gasteiger partial charge is 0.193 e. The summed E-state index contributed by atoms with van der Waals surface area (Å²) in [6, 6.07) is 10.9. The second kappa shape index (κ2) is 14.2. The molecule has 0 atom stereocenters. The number of likely N-dealkylation sites (tertiary alicyclic amines) is 1. The van der Waals surface area contributed by atoms with Crippen LogP contribution in [0.25, 0.3) is 0 Å². The molecule has 2 heterocycles. The molecule has 0 aliphatic carbocycles. The van der Waals surface area contributed by atoms with Gasteiger partial charge in [0, 0.05) is 46.0 Å². The van der Waals surface area contributed by atoms with Crippen LogP contribution >= 0.6 is 24.0 Å². The first-order valence-electron chi connectivity index (χ1n) is 11.1. The minimum absolute atomic E-state index is 0. The Bertz CT molecular complexity index is 571. The number of hydrogen-bond acceptors (Lipinski definition) is 3. The molecule has 6 heteroatoms. The largest absolute Gasteiger partial charge is 0.381 e. The van der Waals surface area contributed by atoms with Gasteiger partial charge in [0.1, 0.15) is 0 Å². The van der Waals surface area contributed by atoms with Gasteiger partial charge in [-0.05, 0) is 56.9 Å². The number of guanidine groups is 1. The number of piperidine rings is 1. The van der Waals surface area contributed by atoms with Crippen molar-refractivity contribution in [3.63, 3.8) is 0 Å². The van der Waals surface area contributed by atoms with Crippen LogP contribution in [-0.4, -0.2) is 63.0 Å². The van der Waals surface area contributed by atoms with Gasteiger partial charge >= 0.3 is 0 Å². The quantitative estimate of drug-likeness (QED) is 0.245. The lowest BCUT2D eigenvalue weighted by molar-refractivity contribution is -0.0318. The van der Waals surface area contributed by atoms with Gasteiger partial charge in [0.05, 0.1) is 6.10 Å². The van der Waals surface area contributed by atoms with Gasteiger partial charge in [0.15, 0.2) is 5.96 Å². The fourth-order valence-electron chi connectivity index (χ4n) is 4.06. The van der Waals surface area contributed by atoms with Crippen LogP contribution in [0.4, 0.5) is 0 Å². The van der Waals surface area contributed by atoms with Crippen LogP contribution < -0.4 is 5.32 Å². The predicted octanol–water partition coefficient (Wildman–Crippen LogP) is 4.11. The van der Waals surface area contributed by atoms with E-state index in [0.717, 1.165) is 77.1 Å². The maximum absolute atomic E-state index is 5.96. The van der Waals surface area contributed by atoms with E-state index in [2.05, 4.69) is 47.5 Å². The Balaban J connectivity index is 0.00000300. The van der Waals surface area contributed by atoms with Crippen LogP contribution in [0.2, 0.25) is 0 Å². The van der Waals surface area contributed by atoms with Crippen LogP contribution in [0.15, 0.2) is 35.3 Å². The molecule has 0 unspecified atom stereocenters. The van der Waals surface area contributed by atoms with Crippen molar-refractivity contribution in [2.75, 3.05) is 46.0 Å². The van der Waals surface area contributed by atoms with Crippen LogP contribution in [0.3, 0.4) is 0 Å². The Morgan fingerprint density at radius 1 is 1.14 bits per heavy atom. The molecule has 2 aliphatic rings. The molecule has 0 amide bonds. The molecule has 1 aromatic carbocycles. The first kappa shape index (κ1) is 24.4. The van der Waals surface area contributed by atoms with Crippen LogP contribution in [-0.2, 0) is 15.9 Å². The standard InChI is InChI=1S/C23H37N3O2.HI/c1-2-24-23(25-13-6-16-28-22-11-17-27-18-12-22)26-14-9-21(10-15-26)19-20-7-4-3-5-8-20;/h3-5,7-8,21-22H,2,6,9-19H2,1H3,(H,24,25);1H. The van der Waals surface area contributed by atoms with Gasteiger partial charge in [-0.2, -0.15) is 0 Å². The van der Waals surface area contributed by atoms with Crippen molar-refractivity contribution in [3.8, 4) is 0 Å². The molecular formula is C23H38IN3O2. The second-order valence-electron chi connectivity index (χ2n) is 7.89. The van der Waals surface area contributed by atoms with E-state index in [1.165, 1.54) is 24.8 Å². The number of aliphatic imine (C=N–C) groups is 1. The van der Waals surface area contributed by atoms with Gasteiger partial charge in [-0.25, -0.2) is 0 Å². The lowest BCUT2D eigenvalue weighted by Gasteiger charge is -2.34. The molecule has 2 saturated heterocycles. The van der Waals surface area contributed by atoms with E-state index in [9.17, 15) is 0 Å². The van der Waals surface area contributed by atoms with Crippen LogP contribution in [0, 0.1) is 5.92 Å². The first-order valence-corrected chi connectivity index (χ1v) is 11.1. The second-order valence-corrected chi connectivity index (χ2v) is 7.89. The summed E-state index contributed by atoms with van der Waals surface area (Å²) in [5.74, 6) is 1.86. The normalized spacial score (nSPS) is 19.1. The Morgan fingerprint density at radius 3 is 2.55 bits per heavy atom. The van der Waals surface area contributed by atoms with Gasteiger partial charge in [0.25, 0.3) is 0 Å². The number of benzene rings is 1. The van der Waals surface area contributed by atoms with Crippen molar-refractivity contribution >= 4 is 29.9 Å². The third kappa shape index (κ3) is 8.80. The number of halogens is 1. The molecule has 2 aliphatic heterocycles. The minimum Gasteiger partial charge on any atom is -0.381 e. The molecule has 164 valence electrons. The van der Waals surface area contributed by atoms with E-state index in [1.54, 1.807) is 0 Å². The molecule has 29 heavy (non-hydrogen) atoms. The number of nitrogens with zero attached hydrogens (tertiary/aromatic N) is 2. The highest BCUT2D eigenvalue weighted by Gasteiger charge is 2.21. The number of nitrogens with one attached hydrogen (secondary N) is 1. The average molecular weight is 515 g/mol. The van der Waals surface area contributed by atoms with Gasteiger partial charge in [-0.1, -0.05) is 30.3 Å². The number of ether oxygens (including phenoxy) is 2. The molecule has 0 saturated carbocycles. The van der Waals surface area contributed by atoms with E-state index in [1.807, 2.05) is 0 Å². The van der Waals surface area contributed by atoms with Gasteiger partial charge < -0.3 is 19.7 Å². The Kier molecular flexibility index (Phi) is 12.0. The fourth-order valence-corrected chi connectivity index (χ4v) is 4.06. The maximum Gasteiger partial charge on any atom is 0.193 e. The van der Waals surface area contributed by atoms with Crippen LogP contribution in [0.1, 0.15) is 44.6 Å². The highest BCUT2D eigenvalue weighted by Crippen LogP contribution is 2.21. The first-order chi connectivity index (χ1) is 13.8. The average Bonchev–Trinajstić information content (AvgIpc) is 2.75. The molecule has 0 radical (unpaired) electrons. The van der Waals surface area contributed by atoms with Crippen molar-refractivity contribution in [3.05, 3.63) is 35.9 Å². The SMILES string of the molecule is CCNC(=NCCCOC1CCOCC1)N1CCC(Cc2ccccc2)CC1.I. The van der Waals surface area contributed by atoms with Crippen molar-refractivity contribution in [1.29, 1.82) is 0 Å². The van der Waals surface area contributed by atoms with E-state index >= 15 is 0 Å². The monoisotopic (exact) mass is 515 g/mol. The maximum atomic E-state index is 5.96. The van der Waals surface area contributed by atoms with E-state index in [4.69, 9.17) is 14.5 Å². The highest BCUT2D eigenvalue weighted by atomic mass is 127. The van der Waals surface area contributed by atoms with Crippen molar-refractivity contribution in [2.24, 2.45) is 10.9 Å². The molecule has 2 fully saturated rings. The van der Waals surface area contributed by atoms with Crippen LogP contribution in [0.5, 0.6) is 0 Å². The highest BCUT2D eigenvalue weighted by molar-refractivity contribution is 14.0. The Labute approximate surface area is 193 Å². The molecule has 1 N–H and O–H groups in total. The molecule has 5 nitrogen and oxygen atoms in total. The summed E-state index contributed by atoms with van der Waals surface area (Å²) in [5, 5.41) is 3.48. The van der Waals surface area contributed by atoms with E-state index in [-0.39, 0.29) is 24.0 Å². The van der Waals surface area contributed by atoms with Gasteiger partial charge in [-0.15, -0.1) is 24.0 Å². The molecule has 0 bridgehead atoms. The molecule has 1 aromatic rings. The van der Waals surface area contributed by atoms with Crippen molar-refractivity contribution < 1.29 is 9.47 Å². The number of rotatable bonds is 8. The summed E-state index contributed by atoms with van der Waals surface area (Å²) in [6.07, 6.45) is 7.11. The zero-order valence-electron chi connectivity index (χ0n) is 17.9. The fraction of sp³-hybridized carbons (Fsp3) is 0.696. The Hall–Kier alpha value is -0.860. The van der Waals surface area contributed by atoms with Crippen molar-refractivity contribution in [1.82, 2.24) is 10.2 Å². The van der Waals surface area contributed by atoms with Gasteiger partial charge in [-0.3, -0.25) is 4.99 Å². The topological polar surface area (TPSA) is 46.1 Å². The van der Waals surface area contributed by atoms with E-state index < -0.39 is 0 Å². The third-order valence-corrected chi connectivity index (χ3v) is 5.70. The number of hydrogen-bond donors (Lipinski definition) is 1. The predicted molar refractivity (Wildman–Crippen MR) is 130 cm³/mol. The summed E-state index contributed by atoms with van der Waals surface area (Å²) in [7, 11) is 0. The molecular weight excluding hydrogens is 477 g/mol. The summed E-state index contributed by atoms with van der Waals surface area (Å²) in [5.41, 5.74) is 1.46. The summed E-state index contributed by atoms with van der Waals surface area (Å²) >= 11 is 0. The Morgan fingerprint density at radius 2 is 1.86 bits per heavy atom. The summed E-state index contributed by atoms with van der Waals surface area (Å²) in [4.78, 5) is 7.29. The lowest BCUT2D eigenvalue weighted by atomic mass is 9.90. The summed E-state index contributed by atoms with van der Waals surface area (Å²) in [6.45, 7) is 8.57.